The molecule has 3 nitrogen and oxygen atoms in total. The van der Waals surface area contributed by atoms with E-state index >= 15 is 0 Å². The van der Waals surface area contributed by atoms with E-state index < -0.39 is 5.97 Å². The summed E-state index contributed by atoms with van der Waals surface area (Å²) < 4.78 is 1.14. The van der Waals surface area contributed by atoms with Crippen molar-refractivity contribution in [2.75, 3.05) is 0 Å². The molecule has 1 aromatic heterocycles. The Bertz CT molecular complexity index is 303. The number of aromatic nitrogens is 1. The lowest BCUT2D eigenvalue weighted by atomic mass is 10.3. The number of nitrogens with zero attached hydrogens (tertiary/aromatic N) is 1. The fraction of sp³-hybridized carbons (Fsp3) is 0. The topological polar surface area (TPSA) is 50.2 Å². The summed E-state index contributed by atoms with van der Waals surface area (Å²) in [7, 11) is 0. The third kappa shape index (κ3) is 2.13. The highest BCUT2D eigenvalue weighted by Gasteiger charge is 2.08. The molecule has 0 saturated carbocycles. The summed E-state index contributed by atoms with van der Waals surface area (Å²) in [6.45, 7) is 0. The van der Waals surface area contributed by atoms with Gasteiger partial charge in [0.05, 0.1) is 5.56 Å². The Morgan fingerprint density at radius 3 is 2.73 bits per heavy atom. The van der Waals surface area contributed by atoms with Crippen molar-refractivity contribution in [2.24, 2.45) is 0 Å². The largest absolute Gasteiger partial charge is 0.478 e. The molecule has 0 amide bonds. The predicted octanol–water partition coefficient (Wildman–Crippen LogP) is 2.15. The minimum Gasteiger partial charge on any atom is -0.478 e. The Balaban J connectivity index is 3.20. The van der Waals surface area contributed by atoms with Gasteiger partial charge in [0.2, 0.25) is 0 Å². The fourth-order valence-electron chi connectivity index (χ4n) is 0.572. The van der Waals surface area contributed by atoms with E-state index in [1.54, 1.807) is 6.07 Å². The van der Waals surface area contributed by atoms with Crippen LogP contribution in [0.3, 0.4) is 0 Å². The first-order chi connectivity index (χ1) is 5.11. The Hall–Kier alpha value is -0.170. The van der Waals surface area contributed by atoms with Crippen LogP contribution in [0.25, 0.3) is 0 Å². The normalized spacial score (nSPS) is 9.64. The monoisotopic (exact) mass is 327 g/mol. The lowest BCUT2D eigenvalue weighted by Crippen LogP contribution is -2.01. The second kappa shape index (κ2) is 3.48. The molecule has 1 N–H and O–H groups in total. The molecule has 0 bridgehead atoms. The SMILES string of the molecule is O=C(O)c1ccc(Br)nc1I. The Morgan fingerprint density at radius 2 is 2.27 bits per heavy atom. The molecular formula is C6H3BrINO2. The van der Waals surface area contributed by atoms with E-state index in [1.807, 2.05) is 22.6 Å². The van der Waals surface area contributed by atoms with E-state index in [9.17, 15) is 4.79 Å². The molecule has 1 heterocycles. The minimum absolute atomic E-state index is 0.230. The number of rotatable bonds is 1. The van der Waals surface area contributed by atoms with Crippen molar-refractivity contribution < 1.29 is 9.90 Å². The third-order valence-corrected chi connectivity index (χ3v) is 2.31. The molecule has 0 aliphatic rings. The summed E-state index contributed by atoms with van der Waals surface area (Å²) in [5.41, 5.74) is 0.230. The number of carboxylic acids is 1. The Labute approximate surface area is 85.1 Å². The van der Waals surface area contributed by atoms with Crippen LogP contribution in [0.2, 0.25) is 0 Å². The first-order valence-corrected chi connectivity index (χ1v) is 4.54. The van der Waals surface area contributed by atoms with E-state index in [-0.39, 0.29) is 5.56 Å². The average Bonchev–Trinajstić information content (AvgIpc) is 1.85. The summed E-state index contributed by atoms with van der Waals surface area (Å²) in [6, 6.07) is 3.12. The fourth-order valence-corrected chi connectivity index (χ4v) is 1.88. The van der Waals surface area contributed by atoms with Crippen molar-refractivity contribution in [1.82, 2.24) is 4.98 Å². The molecule has 0 unspecified atom stereocenters. The average molecular weight is 328 g/mol. The number of carboxylic acid groups (broad SMARTS) is 1. The first-order valence-electron chi connectivity index (χ1n) is 2.66. The van der Waals surface area contributed by atoms with Crippen LogP contribution < -0.4 is 0 Å². The summed E-state index contributed by atoms with van der Waals surface area (Å²) in [5, 5.41) is 8.60. The third-order valence-electron chi connectivity index (χ3n) is 1.05. The van der Waals surface area contributed by atoms with Gasteiger partial charge in [0.1, 0.15) is 8.30 Å². The minimum atomic E-state index is -0.950. The van der Waals surface area contributed by atoms with Gasteiger partial charge in [-0.05, 0) is 50.7 Å². The predicted molar refractivity (Wildman–Crippen MR) is 51.6 cm³/mol. The quantitative estimate of drug-likeness (QED) is 0.635. The van der Waals surface area contributed by atoms with E-state index in [2.05, 4.69) is 20.9 Å². The smallest absolute Gasteiger partial charge is 0.338 e. The van der Waals surface area contributed by atoms with Gasteiger partial charge < -0.3 is 5.11 Å². The highest BCUT2D eigenvalue weighted by atomic mass is 127. The van der Waals surface area contributed by atoms with Crippen LogP contribution in [-0.2, 0) is 0 Å². The highest BCUT2D eigenvalue weighted by molar-refractivity contribution is 14.1. The van der Waals surface area contributed by atoms with E-state index in [4.69, 9.17) is 5.11 Å². The van der Waals surface area contributed by atoms with Gasteiger partial charge in [-0.1, -0.05) is 0 Å². The zero-order valence-electron chi connectivity index (χ0n) is 5.21. The molecule has 1 rings (SSSR count). The Morgan fingerprint density at radius 1 is 1.64 bits per heavy atom. The summed E-state index contributed by atoms with van der Waals surface area (Å²) in [5.74, 6) is -0.950. The molecule has 0 radical (unpaired) electrons. The molecule has 1 aromatic rings. The summed E-state index contributed by atoms with van der Waals surface area (Å²) in [4.78, 5) is 14.4. The molecule has 0 aliphatic heterocycles. The number of halogens is 2. The van der Waals surface area contributed by atoms with Gasteiger partial charge in [-0.2, -0.15) is 0 Å². The van der Waals surface area contributed by atoms with Crippen molar-refractivity contribution in [2.45, 2.75) is 0 Å². The maximum Gasteiger partial charge on any atom is 0.338 e. The molecule has 58 valence electrons. The number of hydrogen-bond donors (Lipinski definition) is 1. The van der Waals surface area contributed by atoms with Crippen molar-refractivity contribution in [3.63, 3.8) is 0 Å². The van der Waals surface area contributed by atoms with Crippen LogP contribution in [-0.4, -0.2) is 16.1 Å². The van der Waals surface area contributed by atoms with Crippen LogP contribution >= 0.6 is 38.5 Å². The van der Waals surface area contributed by atoms with E-state index in [1.165, 1.54) is 6.07 Å². The lowest BCUT2D eigenvalue weighted by Gasteiger charge is -1.96. The molecular weight excluding hydrogens is 325 g/mol. The lowest BCUT2D eigenvalue weighted by molar-refractivity contribution is 0.0695. The van der Waals surface area contributed by atoms with Crippen LogP contribution in [0.5, 0.6) is 0 Å². The van der Waals surface area contributed by atoms with Crippen molar-refractivity contribution in [3.8, 4) is 0 Å². The number of aromatic carboxylic acids is 1. The van der Waals surface area contributed by atoms with Gasteiger partial charge in [0, 0.05) is 0 Å². The van der Waals surface area contributed by atoms with Gasteiger partial charge in [0.25, 0.3) is 0 Å². The van der Waals surface area contributed by atoms with E-state index in [0.29, 0.717) is 8.30 Å². The van der Waals surface area contributed by atoms with Crippen LogP contribution in [0.1, 0.15) is 10.4 Å². The van der Waals surface area contributed by atoms with Gasteiger partial charge in [-0.15, -0.1) is 0 Å². The molecule has 0 fully saturated rings. The molecule has 0 spiro atoms. The second-order valence-electron chi connectivity index (χ2n) is 1.78. The van der Waals surface area contributed by atoms with Crippen LogP contribution in [0.15, 0.2) is 16.7 Å². The van der Waals surface area contributed by atoms with Crippen molar-refractivity contribution in [3.05, 3.63) is 26.0 Å². The van der Waals surface area contributed by atoms with Gasteiger partial charge in [-0.3, -0.25) is 0 Å². The maximum absolute atomic E-state index is 10.5. The van der Waals surface area contributed by atoms with Crippen molar-refractivity contribution in [1.29, 1.82) is 0 Å². The van der Waals surface area contributed by atoms with Gasteiger partial charge >= 0.3 is 5.97 Å². The molecule has 11 heavy (non-hydrogen) atoms. The summed E-state index contributed by atoms with van der Waals surface area (Å²) >= 11 is 5.02. The second-order valence-corrected chi connectivity index (χ2v) is 3.61. The molecule has 0 aromatic carbocycles. The molecule has 0 atom stereocenters. The van der Waals surface area contributed by atoms with Crippen molar-refractivity contribution >= 4 is 44.5 Å². The molecule has 0 aliphatic carbocycles. The first kappa shape index (κ1) is 8.92. The zero-order valence-corrected chi connectivity index (χ0v) is 8.96. The number of hydrogen-bond acceptors (Lipinski definition) is 2. The van der Waals surface area contributed by atoms with E-state index in [0.717, 1.165) is 0 Å². The standard InChI is InChI=1S/C6H3BrINO2/c7-4-2-1-3(6(10)11)5(8)9-4/h1-2H,(H,10,11). The zero-order chi connectivity index (χ0) is 8.43. The maximum atomic E-state index is 10.5. The van der Waals surface area contributed by atoms with Gasteiger partial charge in [-0.25, -0.2) is 9.78 Å². The van der Waals surface area contributed by atoms with Crippen LogP contribution in [0.4, 0.5) is 0 Å². The number of pyridine rings is 1. The highest BCUT2D eigenvalue weighted by Crippen LogP contribution is 2.13. The molecule has 5 heteroatoms. The number of carbonyl (C=O) groups is 1. The van der Waals surface area contributed by atoms with Crippen LogP contribution in [0, 0.1) is 3.70 Å². The molecule has 0 saturated heterocycles. The van der Waals surface area contributed by atoms with Gasteiger partial charge in [0.15, 0.2) is 0 Å². The summed E-state index contributed by atoms with van der Waals surface area (Å²) in [6.07, 6.45) is 0. The Kier molecular flexibility index (Phi) is 2.83.